The van der Waals surface area contributed by atoms with Crippen molar-refractivity contribution in [3.05, 3.63) is 52.3 Å². The predicted octanol–water partition coefficient (Wildman–Crippen LogP) is 7.43. The van der Waals surface area contributed by atoms with Crippen LogP contribution in [0.15, 0.2) is 30.1 Å². The van der Waals surface area contributed by atoms with Crippen LogP contribution in [0.1, 0.15) is 44.1 Å². The van der Waals surface area contributed by atoms with Gasteiger partial charge in [-0.2, -0.15) is 15.2 Å². The molecule has 0 saturated carbocycles. The van der Waals surface area contributed by atoms with Crippen molar-refractivity contribution >= 4 is 66.6 Å². The molecule has 2 aromatic heterocycles. The van der Waals surface area contributed by atoms with Crippen LogP contribution in [0.4, 0.5) is 28.8 Å². The van der Waals surface area contributed by atoms with Crippen molar-refractivity contribution in [2.45, 2.75) is 44.1 Å². The molecule has 0 bridgehead atoms. The lowest BCUT2D eigenvalue weighted by molar-refractivity contribution is -0.117. The number of rotatable bonds is 6. The van der Waals surface area contributed by atoms with E-state index in [0.29, 0.717) is 62.0 Å². The van der Waals surface area contributed by atoms with Gasteiger partial charge >= 0.3 is 12.1 Å². The molecule has 248 valence electrons. The molecule has 1 unspecified atom stereocenters. The minimum Gasteiger partial charge on any atom is -0.465 e. The zero-order valence-electron chi connectivity index (χ0n) is 25.4. The molecule has 2 aromatic carbocycles. The number of Topliss-reactive ketones (excluding diaryl/α,β-unsaturated/α-hetero) is 1. The average Bonchev–Trinajstić information content (AvgIpc) is 3.67. The van der Waals surface area contributed by atoms with Crippen LogP contribution in [-0.4, -0.2) is 70.2 Å². The van der Waals surface area contributed by atoms with Crippen LogP contribution in [0.3, 0.4) is 0 Å². The average molecular weight is 697 g/mol. The quantitative estimate of drug-likeness (QED) is 0.211. The number of thiophene rings is 1. The Morgan fingerprint density at radius 3 is 2.83 bits per heavy atom. The van der Waals surface area contributed by atoms with Gasteiger partial charge in [0.2, 0.25) is 0 Å². The van der Waals surface area contributed by atoms with Gasteiger partial charge in [-0.3, -0.25) is 15.0 Å². The number of nitrogens with zero attached hydrogens (tertiary/aromatic N) is 5. The molecular formula is C33H28ClF3N6O4S. The summed E-state index contributed by atoms with van der Waals surface area (Å²) < 4.78 is 51.7. The van der Waals surface area contributed by atoms with Crippen molar-refractivity contribution in [3.8, 4) is 23.2 Å². The summed E-state index contributed by atoms with van der Waals surface area (Å²) in [5.41, 5.74) is -0.251. The van der Waals surface area contributed by atoms with Gasteiger partial charge in [0, 0.05) is 35.8 Å². The Morgan fingerprint density at radius 1 is 1.23 bits per heavy atom. The second-order valence-electron chi connectivity index (χ2n) is 12.3. The van der Waals surface area contributed by atoms with Crippen molar-refractivity contribution in [1.82, 2.24) is 14.9 Å². The SMILES string of the molecule is N#Cc1c(NC(=O)O)sc2c(F)ccc(-c3c(Cl)cc4c(N5CCCCC(=O)C5)nc(OCC56CCCN5C/C(=C\F)C6)nc4c3F)c12. The molecule has 1 atom stereocenters. The van der Waals surface area contributed by atoms with E-state index in [4.69, 9.17) is 16.3 Å². The second-order valence-corrected chi connectivity index (χ2v) is 13.7. The van der Waals surface area contributed by atoms with Crippen LogP contribution < -0.4 is 15.0 Å². The Hall–Kier alpha value is -4.45. The number of ketones is 1. The van der Waals surface area contributed by atoms with Crippen LogP contribution in [0.5, 0.6) is 6.01 Å². The second kappa shape index (κ2) is 12.5. The minimum absolute atomic E-state index is 0.00266. The Bertz CT molecular complexity index is 2080. The lowest BCUT2D eigenvalue weighted by atomic mass is 9.94. The van der Waals surface area contributed by atoms with E-state index >= 15 is 8.78 Å². The number of aromatic nitrogens is 2. The summed E-state index contributed by atoms with van der Waals surface area (Å²) in [5, 5.41) is 21.4. The van der Waals surface area contributed by atoms with Gasteiger partial charge in [0.25, 0.3) is 0 Å². The van der Waals surface area contributed by atoms with E-state index < -0.39 is 23.3 Å². The van der Waals surface area contributed by atoms with Gasteiger partial charge in [0.05, 0.1) is 33.7 Å². The summed E-state index contributed by atoms with van der Waals surface area (Å²) in [6, 6.07) is 5.63. The lowest BCUT2D eigenvalue weighted by Gasteiger charge is -2.31. The number of fused-ring (bicyclic) bond motifs is 3. The highest BCUT2D eigenvalue weighted by molar-refractivity contribution is 7.23. The van der Waals surface area contributed by atoms with Crippen molar-refractivity contribution in [1.29, 1.82) is 5.26 Å². The van der Waals surface area contributed by atoms with Crippen molar-refractivity contribution < 1.29 is 32.6 Å². The monoisotopic (exact) mass is 696 g/mol. The van der Waals surface area contributed by atoms with Gasteiger partial charge < -0.3 is 14.7 Å². The smallest absolute Gasteiger partial charge is 0.409 e. The predicted molar refractivity (Wildman–Crippen MR) is 176 cm³/mol. The largest absolute Gasteiger partial charge is 0.465 e. The molecule has 3 saturated heterocycles. The third kappa shape index (κ3) is 5.49. The molecule has 0 aliphatic carbocycles. The standard InChI is InChI=1S/C33H28ClF3N6O4S/c34-22-10-20-27(26(37)25(22)19-5-6-23(36)28-24(19)21(13-38)30(48-28)41-32(45)46)39-31(40-29(20)42-8-2-1-4-18(44)15-42)47-16-33-7-3-9-43(33)14-17(11-33)12-35/h5-6,10,12,41H,1-4,7-9,11,14-16H2,(H,45,46)/b17-12-. The van der Waals surface area contributed by atoms with Crippen molar-refractivity contribution in [3.63, 3.8) is 0 Å². The summed E-state index contributed by atoms with van der Waals surface area (Å²) in [6.07, 6.45) is 3.18. The lowest BCUT2D eigenvalue weighted by Crippen LogP contribution is -2.43. The van der Waals surface area contributed by atoms with E-state index in [-0.39, 0.29) is 78.5 Å². The Labute approximate surface area is 281 Å². The highest BCUT2D eigenvalue weighted by atomic mass is 35.5. The van der Waals surface area contributed by atoms with Gasteiger partial charge in [-0.25, -0.2) is 18.0 Å². The number of hydrogen-bond donors (Lipinski definition) is 2. The summed E-state index contributed by atoms with van der Waals surface area (Å²) in [5.74, 6) is -1.36. The maximum absolute atomic E-state index is 17.0. The van der Waals surface area contributed by atoms with E-state index in [1.54, 1.807) is 4.90 Å². The van der Waals surface area contributed by atoms with Crippen LogP contribution >= 0.6 is 22.9 Å². The Balaban J connectivity index is 1.40. The number of carboxylic acid groups (broad SMARTS) is 1. The first kappa shape index (κ1) is 32.1. The third-order valence-electron chi connectivity index (χ3n) is 9.35. The number of anilines is 2. The molecule has 3 aliphatic heterocycles. The topological polar surface area (TPSA) is 132 Å². The summed E-state index contributed by atoms with van der Waals surface area (Å²) in [7, 11) is 0. The molecule has 15 heteroatoms. The van der Waals surface area contributed by atoms with Gasteiger partial charge in [0.15, 0.2) is 11.6 Å². The Kier molecular flexibility index (Phi) is 8.39. The molecule has 2 N–H and O–H groups in total. The van der Waals surface area contributed by atoms with Gasteiger partial charge in [-0.1, -0.05) is 17.7 Å². The molecule has 3 fully saturated rings. The first-order valence-electron chi connectivity index (χ1n) is 15.4. The van der Waals surface area contributed by atoms with Gasteiger partial charge in [-0.05, 0) is 61.9 Å². The number of carbonyl (C=O) groups is 2. The first-order valence-corrected chi connectivity index (χ1v) is 16.6. The van der Waals surface area contributed by atoms with Gasteiger partial charge in [0.1, 0.15) is 34.8 Å². The number of carbonyl (C=O) groups excluding carboxylic acids is 1. The van der Waals surface area contributed by atoms with Gasteiger partial charge in [-0.15, -0.1) is 11.3 Å². The molecule has 7 rings (SSSR count). The van der Waals surface area contributed by atoms with Crippen molar-refractivity contribution in [2.75, 3.05) is 43.0 Å². The number of ether oxygens (including phenoxy) is 1. The maximum Gasteiger partial charge on any atom is 0.409 e. The zero-order valence-corrected chi connectivity index (χ0v) is 27.0. The third-order valence-corrected chi connectivity index (χ3v) is 10.8. The van der Waals surface area contributed by atoms with Crippen LogP contribution in [0.25, 0.3) is 32.1 Å². The molecule has 0 radical (unpaired) electrons. The molecule has 10 nitrogen and oxygen atoms in total. The van der Waals surface area contributed by atoms with E-state index in [9.17, 15) is 24.3 Å². The molecule has 1 amide bonds. The van der Waals surface area contributed by atoms with E-state index in [0.717, 1.165) is 25.5 Å². The Morgan fingerprint density at radius 2 is 2.06 bits per heavy atom. The molecule has 3 aliphatic rings. The van der Waals surface area contributed by atoms with Crippen molar-refractivity contribution in [2.24, 2.45) is 0 Å². The number of benzene rings is 2. The van der Waals surface area contributed by atoms with E-state index in [1.165, 1.54) is 12.1 Å². The van der Waals surface area contributed by atoms with Crippen LogP contribution in [0, 0.1) is 23.0 Å². The maximum atomic E-state index is 17.0. The molecule has 48 heavy (non-hydrogen) atoms. The number of amides is 1. The fraction of sp³-hybridized carbons (Fsp3) is 0.364. The molecule has 5 heterocycles. The van der Waals surface area contributed by atoms with Crippen LogP contribution in [0.2, 0.25) is 5.02 Å². The highest BCUT2D eigenvalue weighted by Gasteiger charge is 2.47. The normalized spacial score (nSPS) is 20.8. The number of nitriles is 1. The van der Waals surface area contributed by atoms with E-state index in [1.807, 2.05) is 6.07 Å². The molecule has 4 aromatic rings. The molecule has 0 spiro atoms. The van der Waals surface area contributed by atoms with Crippen LogP contribution in [-0.2, 0) is 4.79 Å². The summed E-state index contributed by atoms with van der Waals surface area (Å²) >= 11 is 7.49. The summed E-state index contributed by atoms with van der Waals surface area (Å²) in [4.78, 5) is 37.2. The summed E-state index contributed by atoms with van der Waals surface area (Å²) in [6.45, 7) is 1.94. The fourth-order valence-electron chi connectivity index (χ4n) is 7.21. The number of nitrogens with one attached hydrogen (secondary N) is 1. The highest BCUT2D eigenvalue weighted by Crippen LogP contribution is 2.47. The zero-order chi connectivity index (χ0) is 33.7. The fourth-order valence-corrected chi connectivity index (χ4v) is 8.58. The first-order chi connectivity index (χ1) is 23.1. The number of hydrogen-bond acceptors (Lipinski definition) is 9. The number of halogens is 4. The minimum atomic E-state index is -1.45. The van der Waals surface area contributed by atoms with E-state index in [2.05, 4.69) is 20.2 Å². The molecular weight excluding hydrogens is 669 g/mol.